The van der Waals surface area contributed by atoms with Gasteiger partial charge < -0.3 is 9.73 Å². The van der Waals surface area contributed by atoms with E-state index < -0.39 is 10.0 Å². The fourth-order valence-electron chi connectivity index (χ4n) is 2.67. The van der Waals surface area contributed by atoms with E-state index in [2.05, 4.69) is 21.9 Å². The Labute approximate surface area is 126 Å². The molecule has 0 aliphatic carbocycles. The van der Waals surface area contributed by atoms with E-state index in [1.165, 1.54) is 6.07 Å². The number of nitrogens with zero attached hydrogens (tertiary/aromatic N) is 1. The highest BCUT2D eigenvalue weighted by Crippen LogP contribution is 2.18. The summed E-state index contributed by atoms with van der Waals surface area (Å²) < 4.78 is 32.5. The molecule has 0 amide bonds. The number of rotatable bonds is 8. The zero-order chi connectivity index (χ0) is 15.3. The lowest BCUT2D eigenvalue weighted by molar-refractivity contribution is 0.267. The maximum Gasteiger partial charge on any atom is 0.274 e. The Hall–Kier alpha value is -0.890. The van der Waals surface area contributed by atoms with Gasteiger partial charge in [0.1, 0.15) is 5.76 Å². The minimum absolute atomic E-state index is 0.00329. The topological polar surface area (TPSA) is 74.6 Å². The van der Waals surface area contributed by atoms with Crippen molar-refractivity contribution in [3.8, 4) is 0 Å². The SMILES string of the molecule is CCNCc1ccc(S(=O)(=O)NCC2CCCN2CC)o1. The summed E-state index contributed by atoms with van der Waals surface area (Å²) in [4.78, 5) is 2.31. The van der Waals surface area contributed by atoms with Crippen LogP contribution in [0.5, 0.6) is 0 Å². The maximum absolute atomic E-state index is 12.2. The molecule has 1 aliphatic heterocycles. The Morgan fingerprint density at radius 2 is 2.19 bits per heavy atom. The van der Waals surface area contributed by atoms with Crippen molar-refractivity contribution in [3.63, 3.8) is 0 Å². The van der Waals surface area contributed by atoms with Gasteiger partial charge in [0, 0.05) is 12.6 Å². The van der Waals surface area contributed by atoms with Gasteiger partial charge >= 0.3 is 0 Å². The van der Waals surface area contributed by atoms with Crippen molar-refractivity contribution in [1.82, 2.24) is 14.9 Å². The van der Waals surface area contributed by atoms with Gasteiger partial charge in [0.2, 0.25) is 5.09 Å². The van der Waals surface area contributed by atoms with Crippen LogP contribution in [-0.4, -0.2) is 45.5 Å². The summed E-state index contributed by atoms with van der Waals surface area (Å²) in [7, 11) is -3.55. The number of sulfonamides is 1. The summed E-state index contributed by atoms with van der Waals surface area (Å²) >= 11 is 0. The fourth-order valence-corrected chi connectivity index (χ4v) is 3.68. The number of nitrogens with one attached hydrogen (secondary N) is 2. The predicted octanol–water partition coefficient (Wildman–Crippen LogP) is 1.15. The third-order valence-electron chi connectivity index (χ3n) is 3.87. The van der Waals surface area contributed by atoms with Gasteiger partial charge in [-0.05, 0) is 44.6 Å². The molecule has 0 aromatic carbocycles. The van der Waals surface area contributed by atoms with Crippen molar-refractivity contribution in [2.45, 2.75) is 44.4 Å². The second-order valence-corrected chi connectivity index (χ2v) is 6.98. The van der Waals surface area contributed by atoms with Crippen LogP contribution in [0.2, 0.25) is 0 Å². The lowest BCUT2D eigenvalue weighted by atomic mass is 10.2. The molecule has 1 aliphatic rings. The maximum atomic E-state index is 12.2. The Morgan fingerprint density at radius 3 is 2.90 bits per heavy atom. The van der Waals surface area contributed by atoms with Gasteiger partial charge in [0.15, 0.2) is 0 Å². The molecule has 1 unspecified atom stereocenters. The molecule has 0 saturated carbocycles. The van der Waals surface area contributed by atoms with Crippen molar-refractivity contribution < 1.29 is 12.8 Å². The first-order valence-corrected chi connectivity index (χ1v) is 9.08. The number of likely N-dealkylation sites (tertiary alicyclic amines) is 1. The first-order valence-electron chi connectivity index (χ1n) is 7.60. The zero-order valence-electron chi connectivity index (χ0n) is 12.8. The van der Waals surface area contributed by atoms with Crippen molar-refractivity contribution >= 4 is 10.0 Å². The molecule has 0 bridgehead atoms. The van der Waals surface area contributed by atoms with Gasteiger partial charge in [-0.15, -0.1) is 0 Å². The molecule has 6 nitrogen and oxygen atoms in total. The number of likely N-dealkylation sites (N-methyl/N-ethyl adjacent to an activating group) is 1. The molecule has 1 aromatic heterocycles. The normalized spacial score (nSPS) is 20.2. The molecule has 7 heteroatoms. The lowest BCUT2D eigenvalue weighted by Crippen LogP contribution is -2.39. The highest BCUT2D eigenvalue weighted by Gasteiger charge is 2.26. The van der Waals surface area contributed by atoms with Gasteiger partial charge in [-0.2, -0.15) is 0 Å². The monoisotopic (exact) mass is 315 g/mol. The van der Waals surface area contributed by atoms with E-state index in [4.69, 9.17) is 4.42 Å². The van der Waals surface area contributed by atoms with E-state index in [9.17, 15) is 8.42 Å². The lowest BCUT2D eigenvalue weighted by Gasteiger charge is -2.22. The highest BCUT2D eigenvalue weighted by atomic mass is 32.2. The summed E-state index contributed by atoms with van der Waals surface area (Å²) in [5.74, 6) is 0.633. The Morgan fingerprint density at radius 1 is 1.38 bits per heavy atom. The van der Waals surface area contributed by atoms with E-state index >= 15 is 0 Å². The molecule has 1 fully saturated rings. The molecular formula is C14H25N3O3S. The molecule has 2 N–H and O–H groups in total. The van der Waals surface area contributed by atoms with E-state index in [1.54, 1.807) is 6.07 Å². The second kappa shape index (κ2) is 7.40. The van der Waals surface area contributed by atoms with Crippen LogP contribution in [0.1, 0.15) is 32.4 Å². The molecule has 2 rings (SSSR count). The number of hydrogen-bond donors (Lipinski definition) is 2. The van der Waals surface area contributed by atoms with Crippen LogP contribution in [0.3, 0.4) is 0 Å². The smallest absolute Gasteiger partial charge is 0.274 e. The summed E-state index contributed by atoms with van der Waals surface area (Å²) in [5.41, 5.74) is 0. The summed E-state index contributed by atoms with van der Waals surface area (Å²) in [6, 6.07) is 3.51. The minimum atomic E-state index is -3.55. The van der Waals surface area contributed by atoms with E-state index in [1.807, 2.05) is 6.92 Å². The molecule has 0 radical (unpaired) electrons. The van der Waals surface area contributed by atoms with Crippen LogP contribution < -0.4 is 10.0 Å². The van der Waals surface area contributed by atoms with E-state index in [-0.39, 0.29) is 5.09 Å². The Kier molecular flexibility index (Phi) is 5.80. The van der Waals surface area contributed by atoms with Crippen LogP contribution >= 0.6 is 0 Å². The molecule has 1 atom stereocenters. The summed E-state index contributed by atoms with van der Waals surface area (Å²) in [6.45, 7) is 7.90. The largest absolute Gasteiger partial charge is 0.447 e. The molecule has 120 valence electrons. The fraction of sp³-hybridized carbons (Fsp3) is 0.714. The third-order valence-corrected chi connectivity index (χ3v) is 5.16. The molecular weight excluding hydrogens is 290 g/mol. The van der Waals surface area contributed by atoms with Crippen molar-refractivity contribution in [2.24, 2.45) is 0 Å². The van der Waals surface area contributed by atoms with Crippen LogP contribution in [0, 0.1) is 0 Å². The van der Waals surface area contributed by atoms with Crippen LogP contribution in [-0.2, 0) is 16.6 Å². The van der Waals surface area contributed by atoms with Crippen molar-refractivity contribution in [2.75, 3.05) is 26.2 Å². The summed E-state index contributed by atoms with van der Waals surface area (Å²) in [6.07, 6.45) is 2.17. The van der Waals surface area contributed by atoms with Crippen molar-refractivity contribution in [3.05, 3.63) is 17.9 Å². The predicted molar refractivity (Wildman–Crippen MR) is 81.5 cm³/mol. The first kappa shape index (κ1) is 16.5. The van der Waals surface area contributed by atoms with E-state index in [0.29, 0.717) is 24.9 Å². The average molecular weight is 315 g/mol. The third kappa shape index (κ3) is 4.29. The molecule has 1 aromatic rings. The van der Waals surface area contributed by atoms with E-state index in [0.717, 1.165) is 32.5 Å². The van der Waals surface area contributed by atoms with Crippen LogP contribution in [0.4, 0.5) is 0 Å². The van der Waals surface area contributed by atoms with Gasteiger partial charge in [-0.1, -0.05) is 13.8 Å². The zero-order valence-corrected chi connectivity index (χ0v) is 13.6. The number of hydrogen-bond acceptors (Lipinski definition) is 5. The highest BCUT2D eigenvalue weighted by molar-refractivity contribution is 7.89. The van der Waals surface area contributed by atoms with Gasteiger partial charge in [-0.25, -0.2) is 13.1 Å². The van der Waals surface area contributed by atoms with Crippen LogP contribution in [0.15, 0.2) is 21.6 Å². The van der Waals surface area contributed by atoms with Gasteiger partial charge in [-0.3, -0.25) is 4.90 Å². The van der Waals surface area contributed by atoms with Gasteiger partial charge in [0.25, 0.3) is 10.0 Å². The molecule has 2 heterocycles. The first-order chi connectivity index (χ1) is 10.1. The second-order valence-electron chi connectivity index (χ2n) is 5.28. The molecule has 0 spiro atoms. The van der Waals surface area contributed by atoms with Crippen molar-refractivity contribution in [1.29, 1.82) is 0 Å². The standard InChI is InChI=1S/C14H25N3O3S/c1-3-15-11-13-7-8-14(20-13)21(18,19)16-10-12-6-5-9-17(12)4-2/h7-8,12,15-16H,3-6,9-11H2,1-2H3. The Balaban J connectivity index is 1.93. The Bertz CT molecular complexity index is 541. The number of furan rings is 1. The minimum Gasteiger partial charge on any atom is -0.447 e. The molecule has 1 saturated heterocycles. The average Bonchev–Trinajstić information content (AvgIpc) is 3.12. The molecule has 21 heavy (non-hydrogen) atoms. The quantitative estimate of drug-likeness (QED) is 0.753. The van der Waals surface area contributed by atoms with Gasteiger partial charge in [0.05, 0.1) is 6.54 Å². The summed E-state index contributed by atoms with van der Waals surface area (Å²) in [5, 5.41) is 3.10. The van der Waals surface area contributed by atoms with Crippen LogP contribution in [0.25, 0.3) is 0 Å².